The third-order valence-corrected chi connectivity index (χ3v) is 15.4. The summed E-state index contributed by atoms with van der Waals surface area (Å²) in [5, 5.41) is -4.65. The first-order valence-electron chi connectivity index (χ1n) is 20.5. The zero-order chi connectivity index (χ0) is 40.1. The smallest absolute Gasteiger partial charge is 0.402 e. The van der Waals surface area contributed by atoms with Crippen molar-refractivity contribution in [1.29, 1.82) is 0 Å². The number of esters is 3. The first-order valence-corrected chi connectivity index (χ1v) is 22.0. The van der Waals surface area contributed by atoms with E-state index in [1.165, 1.54) is 0 Å². The van der Waals surface area contributed by atoms with Crippen LogP contribution in [0, 0.1) is 63.6 Å². The molecule has 6 saturated carbocycles. The minimum Gasteiger partial charge on any atom is -0.465 e. The van der Waals surface area contributed by atoms with E-state index in [-0.39, 0.29) is 86.0 Å². The van der Waals surface area contributed by atoms with E-state index in [2.05, 4.69) is 0 Å². The van der Waals surface area contributed by atoms with E-state index in [9.17, 15) is 41.2 Å². The Morgan fingerprint density at radius 1 is 0.839 bits per heavy atom. The highest BCUT2D eigenvalue weighted by atomic mass is 32.2. The maximum atomic E-state index is 14.0. The molecule has 1 aliphatic heterocycles. The molecule has 1 heterocycles. The number of carbonyl (C=O) groups is 5. The molecule has 1 N–H and O–H groups in total. The van der Waals surface area contributed by atoms with Gasteiger partial charge in [-0.25, -0.2) is 0 Å². The van der Waals surface area contributed by atoms with Crippen LogP contribution in [-0.2, 0) is 57.8 Å². The van der Waals surface area contributed by atoms with Gasteiger partial charge < -0.3 is 28.5 Å². The van der Waals surface area contributed by atoms with Crippen LogP contribution in [0.2, 0.25) is 0 Å². The molecule has 56 heavy (non-hydrogen) atoms. The molecule has 6 aliphatic carbocycles. The summed E-state index contributed by atoms with van der Waals surface area (Å²) in [6.45, 7) is -0.220. The SMILES string of the molecule is C[C@H]1CC2CC(C(=O)OCC3(COC(=O)C45CCCC(CC(C=O)C4)C5)COC(C4CC5CCCC(C(=O)OCC(F)(F)S(=O)(=O)O)(C5)C4)OC3)CC(C2)C1=O. The Bertz CT molecular complexity index is 1640. The van der Waals surface area contributed by atoms with Crippen LogP contribution >= 0.6 is 0 Å². The summed E-state index contributed by atoms with van der Waals surface area (Å²) in [5.41, 5.74) is -3.01. The molecule has 0 aromatic rings. The van der Waals surface area contributed by atoms with E-state index in [0.717, 1.165) is 44.8 Å². The average molecular weight is 815 g/mol. The molecule has 0 aromatic heterocycles. The monoisotopic (exact) mass is 814 g/mol. The topological polar surface area (TPSA) is 186 Å². The van der Waals surface area contributed by atoms with Gasteiger partial charge in [0, 0.05) is 23.7 Å². The van der Waals surface area contributed by atoms with E-state index >= 15 is 0 Å². The molecule has 10 atom stereocenters. The number of hydrogen-bond donors (Lipinski definition) is 1. The van der Waals surface area contributed by atoms with Crippen LogP contribution in [0.4, 0.5) is 8.78 Å². The van der Waals surface area contributed by atoms with Crippen LogP contribution in [0.5, 0.6) is 0 Å². The van der Waals surface area contributed by atoms with Crippen LogP contribution in [0.1, 0.15) is 110 Å². The maximum absolute atomic E-state index is 14.0. The number of Topliss-reactive ketones (excluding diaryl/α,β-unsaturated/α-hetero) is 1. The lowest BCUT2D eigenvalue weighted by Crippen LogP contribution is -2.54. The minimum absolute atomic E-state index is 0.0119. The van der Waals surface area contributed by atoms with Gasteiger partial charge in [0.05, 0.1) is 35.4 Å². The number of hydrogen-bond acceptors (Lipinski definition) is 12. The highest BCUT2D eigenvalue weighted by Gasteiger charge is 2.55. The van der Waals surface area contributed by atoms with Crippen molar-refractivity contribution >= 4 is 40.1 Å². The van der Waals surface area contributed by atoms with E-state index in [4.69, 9.17) is 28.2 Å². The number of ketones is 1. The molecule has 7 rings (SSSR count). The predicted molar refractivity (Wildman–Crippen MR) is 191 cm³/mol. The van der Waals surface area contributed by atoms with Gasteiger partial charge in [-0.05, 0) is 94.8 Å². The lowest BCUT2D eigenvalue weighted by molar-refractivity contribution is -0.275. The third-order valence-electron chi connectivity index (χ3n) is 14.5. The molecule has 16 heteroatoms. The number of halogens is 2. The minimum atomic E-state index is -5.78. The van der Waals surface area contributed by atoms with Gasteiger partial charge in [0.25, 0.3) is 0 Å². The molecule has 0 amide bonds. The molecular weight excluding hydrogens is 758 g/mol. The number of carbonyl (C=O) groups excluding carboxylic acids is 5. The fourth-order valence-electron chi connectivity index (χ4n) is 11.9. The van der Waals surface area contributed by atoms with Crippen LogP contribution in [0.15, 0.2) is 0 Å². The van der Waals surface area contributed by atoms with Crippen molar-refractivity contribution < 1.29 is 69.4 Å². The standard InChI is InChI=1S/C40H56F2O13S/c1-24-8-27-11-29(32(24)44)13-30(12-27)33(45)51-19-37(22-54-35(46)38-6-2-4-25(14-38)9-28(16-38)18-43)20-52-34(53-21-37)31-10-26-5-3-7-39(15-26,17-31)36(47)55-23-40(41,42)56(48,49)50/h18,24-31,34H,2-17,19-23H2,1H3,(H,48,49,50)/t24-,25?,26?,27?,28?,29?,30?,31?,34?,37?,38?,39?/m0/s1. The second-order valence-electron chi connectivity index (χ2n) is 18.9. The maximum Gasteiger partial charge on any atom is 0.402 e. The van der Waals surface area contributed by atoms with E-state index in [0.29, 0.717) is 57.8 Å². The van der Waals surface area contributed by atoms with Crippen LogP contribution in [-0.4, -0.2) is 87.5 Å². The molecule has 314 valence electrons. The summed E-state index contributed by atoms with van der Waals surface area (Å²) in [5.74, 6) is -2.13. The van der Waals surface area contributed by atoms with Crippen molar-refractivity contribution in [2.75, 3.05) is 33.0 Å². The lowest BCUT2D eigenvalue weighted by Gasteiger charge is -2.50. The van der Waals surface area contributed by atoms with E-state index < -0.39 is 62.4 Å². The van der Waals surface area contributed by atoms with Crippen molar-refractivity contribution in [3.05, 3.63) is 0 Å². The van der Waals surface area contributed by atoms with Gasteiger partial charge in [0.15, 0.2) is 12.9 Å². The van der Waals surface area contributed by atoms with Gasteiger partial charge in [-0.1, -0.05) is 32.6 Å². The Morgan fingerprint density at radius 2 is 1.46 bits per heavy atom. The fourth-order valence-corrected chi connectivity index (χ4v) is 12.1. The fraction of sp³-hybridized carbons (Fsp3) is 0.875. The van der Waals surface area contributed by atoms with Crippen LogP contribution < -0.4 is 0 Å². The Kier molecular flexibility index (Phi) is 11.8. The summed E-state index contributed by atoms with van der Waals surface area (Å²) in [7, 11) is -5.78. The van der Waals surface area contributed by atoms with Crippen LogP contribution in [0.25, 0.3) is 0 Å². The molecule has 7 aliphatic rings. The lowest BCUT2D eigenvalue weighted by atomic mass is 9.58. The molecule has 0 spiro atoms. The van der Waals surface area contributed by atoms with Gasteiger partial charge in [-0.2, -0.15) is 17.2 Å². The van der Waals surface area contributed by atoms with Crippen molar-refractivity contribution in [2.45, 2.75) is 121 Å². The zero-order valence-electron chi connectivity index (χ0n) is 32.1. The Morgan fingerprint density at radius 3 is 2.12 bits per heavy atom. The third kappa shape index (κ3) is 8.45. The largest absolute Gasteiger partial charge is 0.465 e. The van der Waals surface area contributed by atoms with Crippen molar-refractivity contribution in [3.8, 4) is 0 Å². The van der Waals surface area contributed by atoms with Crippen LogP contribution in [0.3, 0.4) is 0 Å². The number of alkyl halides is 2. The van der Waals surface area contributed by atoms with Gasteiger partial charge in [-0.3, -0.25) is 23.7 Å². The normalized spacial score (nSPS) is 41.2. The van der Waals surface area contributed by atoms with Crippen molar-refractivity contribution in [1.82, 2.24) is 0 Å². The summed E-state index contributed by atoms with van der Waals surface area (Å²) in [6, 6.07) is 0. The Hall–Kier alpha value is -2.56. The van der Waals surface area contributed by atoms with Gasteiger partial charge >= 0.3 is 33.3 Å². The molecule has 9 unspecified atom stereocenters. The predicted octanol–water partition coefficient (Wildman–Crippen LogP) is 5.47. The number of ether oxygens (including phenoxy) is 5. The summed E-state index contributed by atoms with van der Waals surface area (Å²) in [6.07, 6.45) is 10.1. The number of rotatable bonds is 12. The Labute approximate surface area is 326 Å². The molecule has 7 fully saturated rings. The van der Waals surface area contributed by atoms with Crippen molar-refractivity contribution in [3.63, 3.8) is 0 Å². The summed E-state index contributed by atoms with van der Waals surface area (Å²) < 4.78 is 88.8. The highest BCUT2D eigenvalue weighted by molar-refractivity contribution is 7.86. The first-order chi connectivity index (χ1) is 26.4. The van der Waals surface area contributed by atoms with E-state index in [1.54, 1.807) is 0 Å². The molecule has 1 saturated heterocycles. The Balaban J connectivity index is 1.03. The molecular formula is C40H56F2O13S. The number of fused-ring (bicyclic) bond motifs is 6. The van der Waals surface area contributed by atoms with Crippen molar-refractivity contribution in [2.24, 2.45) is 63.6 Å². The highest BCUT2D eigenvalue weighted by Crippen LogP contribution is 2.54. The second-order valence-corrected chi connectivity index (χ2v) is 20.4. The zero-order valence-corrected chi connectivity index (χ0v) is 32.9. The quantitative estimate of drug-likeness (QED) is 0.113. The first kappa shape index (κ1) is 41.6. The average Bonchev–Trinajstić information content (AvgIpc) is 3.16. The number of aldehydes is 1. The molecule has 13 nitrogen and oxygen atoms in total. The van der Waals surface area contributed by atoms with Gasteiger partial charge in [0.1, 0.15) is 25.3 Å². The van der Waals surface area contributed by atoms with Gasteiger partial charge in [0.2, 0.25) is 0 Å². The summed E-state index contributed by atoms with van der Waals surface area (Å²) in [4.78, 5) is 65.5. The second kappa shape index (κ2) is 15.9. The molecule has 6 bridgehead atoms. The van der Waals surface area contributed by atoms with E-state index in [1.807, 2.05) is 6.92 Å². The van der Waals surface area contributed by atoms with Gasteiger partial charge in [-0.15, -0.1) is 0 Å². The molecule has 0 aromatic carbocycles. The summed E-state index contributed by atoms with van der Waals surface area (Å²) >= 11 is 0. The molecule has 0 radical (unpaired) electrons.